The second kappa shape index (κ2) is 5.58. The number of amides is 1. The van der Waals surface area contributed by atoms with E-state index in [1.165, 1.54) is 18.3 Å². The molecule has 1 aromatic carbocycles. The number of nitrogens with zero attached hydrogens (tertiary/aromatic N) is 3. The standard InChI is InChI=1S/C14H12FN5O/c15-11-3-1-10(2-4-11)8-20-9-12(7-17-20)18-14(21)13-5-6-16-19-13/h1-7,9H,8H2,(H,16,19)(H,18,21). The summed E-state index contributed by atoms with van der Waals surface area (Å²) in [6, 6.07) is 7.78. The van der Waals surface area contributed by atoms with Gasteiger partial charge in [-0.25, -0.2) is 4.39 Å². The van der Waals surface area contributed by atoms with E-state index >= 15 is 0 Å². The van der Waals surface area contributed by atoms with E-state index in [9.17, 15) is 9.18 Å². The Morgan fingerprint density at radius 1 is 1.29 bits per heavy atom. The molecular weight excluding hydrogens is 273 g/mol. The summed E-state index contributed by atoms with van der Waals surface area (Å²) < 4.78 is 14.5. The van der Waals surface area contributed by atoms with Gasteiger partial charge < -0.3 is 5.32 Å². The molecule has 0 fully saturated rings. The van der Waals surface area contributed by atoms with Crippen LogP contribution in [0.1, 0.15) is 16.1 Å². The van der Waals surface area contributed by atoms with Crippen LogP contribution in [0.2, 0.25) is 0 Å². The zero-order chi connectivity index (χ0) is 14.7. The minimum absolute atomic E-state index is 0.272. The van der Waals surface area contributed by atoms with Crippen LogP contribution in [0.3, 0.4) is 0 Å². The van der Waals surface area contributed by atoms with Crippen LogP contribution in [-0.2, 0) is 6.54 Å². The van der Waals surface area contributed by atoms with Crippen molar-refractivity contribution in [1.29, 1.82) is 0 Å². The maximum atomic E-state index is 12.8. The van der Waals surface area contributed by atoms with E-state index in [-0.39, 0.29) is 11.7 Å². The summed E-state index contributed by atoms with van der Waals surface area (Å²) in [5.74, 6) is -0.555. The quantitative estimate of drug-likeness (QED) is 0.770. The summed E-state index contributed by atoms with van der Waals surface area (Å²) in [7, 11) is 0. The molecule has 1 amide bonds. The van der Waals surface area contributed by atoms with Crippen molar-refractivity contribution < 1.29 is 9.18 Å². The highest BCUT2D eigenvalue weighted by molar-refractivity contribution is 6.02. The van der Waals surface area contributed by atoms with Crippen molar-refractivity contribution in [3.05, 3.63) is 66.0 Å². The van der Waals surface area contributed by atoms with Gasteiger partial charge in [0.25, 0.3) is 5.91 Å². The van der Waals surface area contributed by atoms with Gasteiger partial charge in [-0.15, -0.1) is 0 Å². The second-order valence-corrected chi connectivity index (χ2v) is 4.48. The predicted molar refractivity (Wildman–Crippen MR) is 74.3 cm³/mol. The molecule has 6 nitrogen and oxygen atoms in total. The van der Waals surface area contributed by atoms with Crippen LogP contribution in [0.25, 0.3) is 0 Å². The van der Waals surface area contributed by atoms with E-state index in [0.717, 1.165) is 5.56 Å². The summed E-state index contributed by atoms with van der Waals surface area (Å²) in [4.78, 5) is 11.8. The molecule has 7 heteroatoms. The highest BCUT2D eigenvalue weighted by Gasteiger charge is 2.08. The maximum Gasteiger partial charge on any atom is 0.273 e. The Morgan fingerprint density at radius 3 is 2.81 bits per heavy atom. The van der Waals surface area contributed by atoms with E-state index in [4.69, 9.17) is 0 Å². The Hall–Kier alpha value is -2.96. The summed E-state index contributed by atoms with van der Waals surface area (Å²) in [5.41, 5.74) is 1.88. The third kappa shape index (κ3) is 3.14. The lowest BCUT2D eigenvalue weighted by atomic mass is 10.2. The van der Waals surface area contributed by atoms with E-state index in [2.05, 4.69) is 20.6 Å². The highest BCUT2D eigenvalue weighted by atomic mass is 19.1. The number of carbonyl (C=O) groups excluding carboxylic acids is 1. The first kappa shape index (κ1) is 13.0. The van der Waals surface area contributed by atoms with E-state index in [1.807, 2.05) is 0 Å². The smallest absolute Gasteiger partial charge is 0.273 e. The number of anilines is 1. The van der Waals surface area contributed by atoms with Crippen LogP contribution < -0.4 is 5.32 Å². The van der Waals surface area contributed by atoms with Gasteiger partial charge in [0.15, 0.2) is 0 Å². The number of aromatic amines is 1. The number of carbonyl (C=O) groups is 1. The highest BCUT2D eigenvalue weighted by Crippen LogP contribution is 2.10. The average molecular weight is 285 g/mol. The Morgan fingerprint density at radius 2 is 2.10 bits per heavy atom. The van der Waals surface area contributed by atoms with Crippen LogP contribution in [0.5, 0.6) is 0 Å². The number of benzene rings is 1. The SMILES string of the molecule is O=C(Nc1cnn(Cc2ccc(F)cc2)c1)c1ccn[nH]1. The molecule has 0 unspecified atom stereocenters. The van der Waals surface area contributed by atoms with Crippen molar-refractivity contribution in [3.8, 4) is 0 Å². The molecule has 0 saturated heterocycles. The van der Waals surface area contributed by atoms with Crippen molar-refractivity contribution in [2.24, 2.45) is 0 Å². The van der Waals surface area contributed by atoms with Crippen molar-refractivity contribution in [2.75, 3.05) is 5.32 Å². The van der Waals surface area contributed by atoms with Gasteiger partial charge in [-0.05, 0) is 23.8 Å². The van der Waals surface area contributed by atoms with Gasteiger partial charge in [0, 0.05) is 12.4 Å². The molecule has 0 aliphatic heterocycles. The summed E-state index contributed by atoms with van der Waals surface area (Å²) >= 11 is 0. The molecule has 0 radical (unpaired) electrons. The van der Waals surface area contributed by atoms with Gasteiger partial charge in [0.1, 0.15) is 11.5 Å². The second-order valence-electron chi connectivity index (χ2n) is 4.48. The first-order valence-corrected chi connectivity index (χ1v) is 6.28. The topological polar surface area (TPSA) is 75.6 Å². The van der Waals surface area contributed by atoms with Crippen LogP contribution in [-0.4, -0.2) is 25.9 Å². The number of nitrogens with one attached hydrogen (secondary N) is 2. The summed E-state index contributed by atoms with van der Waals surface area (Å²) in [6.07, 6.45) is 4.77. The lowest BCUT2D eigenvalue weighted by Crippen LogP contribution is -2.11. The molecule has 3 rings (SSSR count). The Bertz CT molecular complexity index is 733. The molecule has 2 heterocycles. The molecule has 0 aliphatic carbocycles. The van der Waals surface area contributed by atoms with Crippen LogP contribution in [0.15, 0.2) is 48.9 Å². The summed E-state index contributed by atoms with van der Waals surface area (Å²) in [5, 5.41) is 13.2. The number of rotatable bonds is 4. The van der Waals surface area contributed by atoms with Gasteiger partial charge in [-0.3, -0.25) is 14.6 Å². The first-order chi connectivity index (χ1) is 10.2. The van der Waals surface area contributed by atoms with Gasteiger partial charge in [-0.1, -0.05) is 12.1 Å². The molecule has 2 N–H and O–H groups in total. The minimum atomic E-state index is -0.283. The molecule has 106 valence electrons. The van der Waals surface area contributed by atoms with Crippen LogP contribution in [0, 0.1) is 5.82 Å². The zero-order valence-corrected chi connectivity index (χ0v) is 11.0. The molecule has 3 aromatic rings. The zero-order valence-electron chi connectivity index (χ0n) is 11.0. The third-order valence-corrected chi connectivity index (χ3v) is 2.89. The Balaban J connectivity index is 1.66. The van der Waals surface area contributed by atoms with Gasteiger partial charge >= 0.3 is 0 Å². The third-order valence-electron chi connectivity index (χ3n) is 2.89. The molecule has 0 saturated carbocycles. The number of hydrogen-bond acceptors (Lipinski definition) is 3. The summed E-state index contributed by atoms with van der Waals surface area (Å²) in [6.45, 7) is 0.500. The lowest BCUT2D eigenvalue weighted by molar-refractivity contribution is 0.102. The molecule has 0 aliphatic rings. The van der Waals surface area contributed by atoms with Gasteiger partial charge in [0.2, 0.25) is 0 Å². The van der Waals surface area contributed by atoms with Crippen LogP contribution in [0.4, 0.5) is 10.1 Å². The largest absolute Gasteiger partial charge is 0.318 e. The van der Waals surface area contributed by atoms with E-state index < -0.39 is 0 Å². The predicted octanol–water partition coefficient (Wildman–Crippen LogP) is 2.05. The fraction of sp³-hybridized carbons (Fsp3) is 0.0714. The van der Waals surface area contributed by atoms with Crippen molar-refractivity contribution in [1.82, 2.24) is 20.0 Å². The van der Waals surface area contributed by atoms with Crippen molar-refractivity contribution >= 4 is 11.6 Å². The van der Waals surface area contributed by atoms with Gasteiger partial charge in [-0.2, -0.15) is 10.2 Å². The fourth-order valence-electron chi connectivity index (χ4n) is 1.87. The number of halogens is 1. The Kier molecular flexibility index (Phi) is 3.46. The van der Waals surface area contributed by atoms with E-state index in [1.54, 1.807) is 35.3 Å². The normalized spacial score (nSPS) is 10.5. The van der Waals surface area contributed by atoms with Crippen molar-refractivity contribution in [3.63, 3.8) is 0 Å². The Labute approximate surface area is 119 Å². The lowest BCUT2D eigenvalue weighted by Gasteiger charge is -2.02. The molecule has 21 heavy (non-hydrogen) atoms. The minimum Gasteiger partial charge on any atom is -0.318 e. The number of hydrogen-bond donors (Lipinski definition) is 2. The monoisotopic (exact) mass is 285 g/mol. The fourth-order valence-corrected chi connectivity index (χ4v) is 1.87. The molecule has 0 spiro atoms. The molecule has 0 bridgehead atoms. The number of H-pyrrole nitrogens is 1. The molecule has 2 aromatic heterocycles. The molecule has 0 atom stereocenters. The van der Waals surface area contributed by atoms with Crippen molar-refractivity contribution in [2.45, 2.75) is 6.54 Å². The maximum absolute atomic E-state index is 12.8. The first-order valence-electron chi connectivity index (χ1n) is 6.28. The number of aromatic nitrogens is 4. The van der Waals surface area contributed by atoms with Gasteiger partial charge in [0.05, 0.1) is 18.4 Å². The van der Waals surface area contributed by atoms with E-state index in [0.29, 0.717) is 17.9 Å². The average Bonchev–Trinajstić information content (AvgIpc) is 3.13. The van der Waals surface area contributed by atoms with Crippen LogP contribution >= 0.6 is 0 Å². The molecular formula is C14H12FN5O.